The number of benzene rings is 1. The Morgan fingerprint density at radius 1 is 1.31 bits per heavy atom. The number of amides is 1. The van der Waals surface area contributed by atoms with Crippen LogP contribution in [-0.4, -0.2) is 42.3 Å². The zero-order chi connectivity index (χ0) is 18.9. The molecule has 1 N–H and O–H groups in total. The summed E-state index contributed by atoms with van der Waals surface area (Å²) in [5.74, 6) is -0.346. The van der Waals surface area contributed by atoms with Crippen LogP contribution < -0.4 is 5.32 Å². The minimum absolute atomic E-state index is 0.0551. The van der Waals surface area contributed by atoms with Gasteiger partial charge in [0, 0.05) is 42.8 Å². The van der Waals surface area contributed by atoms with Crippen LogP contribution in [0.3, 0.4) is 0 Å². The molecule has 3 rings (SSSR count). The Morgan fingerprint density at radius 3 is 2.77 bits per heavy atom. The minimum atomic E-state index is -3.60. The number of nitrogens with one attached hydrogen (secondary N) is 1. The molecule has 7 heteroatoms. The number of piperidine rings is 1. The summed E-state index contributed by atoms with van der Waals surface area (Å²) in [5, 5.41) is 3.81. The van der Waals surface area contributed by atoms with Crippen molar-refractivity contribution in [2.24, 2.45) is 5.92 Å². The van der Waals surface area contributed by atoms with Gasteiger partial charge in [0.15, 0.2) is 0 Å². The predicted molar refractivity (Wildman–Crippen MR) is 102 cm³/mol. The van der Waals surface area contributed by atoms with Crippen molar-refractivity contribution in [1.82, 2.24) is 14.2 Å². The molecule has 1 fully saturated rings. The Kier molecular flexibility index (Phi) is 5.39. The molecule has 0 radical (unpaired) electrons. The van der Waals surface area contributed by atoms with Gasteiger partial charge in [0.05, 0.1) is 10.8 Å². The highest BCUT2D eigenvalue weighted by Gasteiger charge is 2.33. The van der Waals surface area contributed by atoms with E-state index >= 15 is 0 Å². The van der Waals surface area contributed by atoms with E-state index in [9.17, 15) is 13.2 Å². The highest BCUT2D eigenvalue weighted by atomic mass is 32.2. The van der Waals surface area contributed by atoms with E-state index in [1.165, 1.54) is 4.31 Å². The molecule has 0 aliphatic carbocycles. The van der Waals surface area contributed by atoms with E-state index in [2.05, 4.69) is 16.8 Å². The van der Waals surface area contributed by atoms with Crippen LogP contribution in [0.4, 0.5) is 0 Å². The van der Waals surface area contributed by atoms with Crippen LogP contribution in [0.5, 0.6) is 0 Å². The Bertz CT molecular complexity index is 902. The van der Waals surface area contributed by atoms with Gasteiger partial charge in [-0.3, -0.25) is 4.79 Å². The van der Waals surface area contributed by atoms with Crippen molar-refractivity contribution in [1.29, 1.82) is 0 Å². The number of aryl methyl sites for hydroxylation is 1. The van der Waals surface area contributed by atoms with Gasteiger partial charge in [-0.05, 0) is 57.9 Å². The van der Waals surface area contributed by atoms with Crippen LogP contribution in [0.2, 0.25) is 0 Å². The van der Waals surface area contributed by atoms with Gasteiger partial charge in [0.2, 0.25) is 15.9 Å². The lowest BCUT2D eigenvalue weighted by Crippen LogP contribution is -2.46. The lowest BCUT2D eigenvalue weighted by atomic mass is 9.98. The average molecular weight is 378 g/mol. The fourth-order valence-electron chi connectivity index (χ4n) is 3.54. The first kappa shape index (κ1) is 18.9. The fourth-order valence-corrected chi connectivity index (χ4v) is 5.10. The summed E-state index contributed by atoms with van der Waals surface area (Å²) in [4.78, 5) is 12.6. The number of carbonyl (C=O) groups is 1. The van der Waals surface area contributed by atoms with Crippen LogP contribution in [-0.2, 0) is 21.4 Å². The van der Waals surface area contributed by atoms with Crippen molar-refractivity contribution >= 4 is 26.8 Å². The zero-order valence-electron chi connectivity index (χ0n) is 15.6. The maximum absolute atomic E-state index is 13.1. The van der Waals surface area contributed by atoms with Gasteiger partial charge in [0.25, 0.3) is 0 Å². The number of fused-ring (bicyclic) bond motifs is 1. The van der Waals surface area contributed by atoms with E-state index in [-0.39, 0.29) is 24.4 Å². The molecule has 1 aliphatic heterocycles. The second-order valence-electron chi connectivity index (χ2n) is 7.19. The molecule has 1 aliphatic rings. The molecule has 0 bridgehead atoms. The summed E-state index contributed by atoms with van der Waals surface area (Å²) in [5.41, 5.74) is 1.03. The molecule has 1 atom stereocenters. The molecule has 0 spiro atoms. The van der Waals surface area contributed by atoms with Crippen molar-refractivity contribution in [3.8, 4) is 0 Å². The molecule has 0 saturated carbocycles. The number of aromatic nitrogens is 1. The lowest BCUT2D eigenvalue weighted by Gasteiger charge is -2.31. The van der Waals surface area contributed by atoms with E-state index in [0.29, 0.717) is 17.9 Å². The summed E-state index contributed by atoms with van der Waals surface area (Å²) in [6.07, 6.45) is 3.39. The molecule has 2 heterocycles. The summed E-state index contributed by atoms with van der Waals surface area (Å²) in [7, 11) is -3.60. The minimum Gasteiger partial charge on any atom is -0.354 e. The van der Waals surface area contributed by atoms with Crippen molar-refractivity contribution in [3.05, 3.63) is 30.5 Å². The summed E-state index contributed by atoms with van der Waals surface area (Å²) in [6, 6.07) is 7.25. The molecule has 1 amide bonds. The maximum Gasteiger partial charge on any atom is 0.243 e. The van der Waals surface area contributed by atoms with E-state index in [4.69, 9.17) is 0 Å². The largest absolute Gasteiger partial charge is 0.354 e. The number of hydrogen-bond donors (Lipinski definition) is 1. The van der Waals surface area contributed by atoms with Gasteiger partial charge in [-0.1, -0.05) is 0 Å². The first-order chi connectivity index (χ1) is 12.3. The second kappa shape index (κ2) is 7.40. The molecular formula is C19H27N3O3S. The van der Waals surface area contributed by atoms with Gasteiger partial charge in [-0.2, -0.15) is 4.31 Å². The number of rotatable bonds is 5. The van der Waals surface area contributed by atoms with E-state index in [1.54, 1.807) is 12.1 Å². The highest BCUT2D eigenvalue weighted by Crippen LogP contribution is 2.27. The maximum atomic E-state index is 13.1. The van der Waals surface area contributed by atoms with E-state index in [1.807, 2.05) is 32.2 Å². The van der Waals surface area contributed by atoms with Gasteiger partial charge >= 0.3 is 0 Å². The third-order valence-electron chi connectivity index (χ3n) is 4.91. The monoisotopic (exact) mass is 377 g/mol. The molecule has 142 valence electrons. The molecule has 26 heavy (non-hydrogen) atoms. The van der Waals surface area contributed by atoms with Crippen molar-refractivity contribution < 1.29 is 13.2 Å². The van der Waals surface area contributed by atoms with Crippen LogP contribution in [0.1, 0.15) is 33.6 Å². The molecule has 0 unspecified atom stereocenters. The number of sulfonamides is 1. The topological polar surface area (TPSA) is 71.4 Å². The fraction of sp³-hybridized carbons (Fsp3) is 0.526. The normalized spacial score (nSPS) is 19.2. The van der Waals surface area contributed by atoms with Gasteiger partial charge < -0.3 is 9.88 Å². The van der Waals surface area contributed by atoms with Crippen LogP contribution in [0, 0.1) is 5.92 Å². The third-order valence-corrected chi connectivity index (χ3v) is 6.77. The standard InChI is InChI=1S/C19H27N3O3S/c1-4-21-11-9-15-12-17(7-8-18(15)21)26(24,25)22-10-5-6-16(13-22)19(23)20-14(2)3/h7-9,11-12,14,16H,4-6,10,13H2,1-3H3,(H,20,23)/t16-/m1/s1. The van der Waals surface area contributed by atoms with Crippen molar-refractivity contribution in [3.63, 3.8) is 0 Å². The zero-order valence-corrected chi connectivity index (χ0v) is 16.4. The molecule has 1 aromatic carbocycles. The Morgan fingerprint density at radius 2 is 2.08 bits per heavy atom. The van der Waals surface area contributed by atoms with Gasteiger partial charge in [-0.15, -0.1) is 0 Å². The quantitative estimate of drug-likeness (QED) is 0.871. The molecule has 1 aromatic heterocycles. The Balaban J connectivity index is 1.84. The smallest absolute Gasteiger partial charge is 0.243 e. The highest BCUT2D eigenvalue weighted by molar-refractivity contribution is 7.89. The van der Waals surface area contributed by atoms with E-state index < -0.39 is 10.0 Å². The summed E-state index contributed by atoms with van der Waals surface area (Å²) >= 11 is 0. The SMILES string of the molecule is CCn1ccc2cc(S(=O)(=O)N3CCC[C@@H](C(=O)NC(C)C)C3)ccc21. The van der Waals surface area contributed by atoms with Gasteiger partial charge in [0.1, 0.15) is 0 Å². The molecule has 2 aromatic rings. The predicted octanol–water partition coefficient (Wildman–Crippen LogP) is 2.59. The number of carbonyl (C=O) groups excluding carboxylic acids is 1. The number of nitrogens with zero attached hydrogens (tertiary/aromatic N) is 2. The Labute approximate surface area is 155 Å². The molecular weight excluding hydrogens is 350 g/mol. The van der Waals surface area contributed by atoms with Crippen molar-refractivity contribution in [2.75, 3.05) is 13.1 Å². The molecule has 6 nitrogen and oxygen atoms in total. The molecule has 1 saturated heterocycles. The number of hydrogen-bond acceptors (Lipinski definition) is 3. The lowest BCUT2D eigenvalue weighted by molar-refractivity contribution is -0.126. The van der Waals surface area contributed by atoms with Crippen LogP contribution in [0.25, 0.3) is 10.9 Å². The van der Waals surface area contributed by atoms with Gasteiger partial charge in [-0.25, -0.2) is 8.42 Å². The Hall–Kier alpha value is -1.86. The van der Waals surface area contributed by atoms with Crippen molar-refractivity contribution in [2.45, 2.75) is 51.1 Å². The van der Waals surface area contributed by atoms with Crippen LogP contribution >= 0.6 is 0 Å². The first-order valence-corrected chi connectivity index (χ1v) is 10.7. The van der Waals surface area contributed by atoms with Crippen LogP contribution in [0.15, 0.2) is 35.4 Å². The average Bonchev–Trinajstić information content (AvgIpc) is 3.03. The van der Waals surface area contributed by atoms with E-state index in [0.717, 1.165) is 23.9 Å². The summed E-state index contributed by atoms with van der Waals surface area (Å²) in [6.45, 7) is 7.42. The second-order valence-corrected chi connectivity index (χ2v) is 9.13. The summed E-state index contributed by atoms with van der Waals surface area (Å²) < 4.78 is 29.7. The first-order valence-electron chi connectivity index (χ1n) is 9.22. The third kappa shape index (κ3) is 3.64.